The van der Waals surface area contributed by atoms with Gasteiger partial charge in [0, 0.05) is 18.1 Å². The van der Waals surface area contributed by atoms with Crippen molar-refractivity contribution in [2.45, 2.75) is 44.7 Å². The van der Waals surface area contributed by atoms with Crippen LogP contribution in [-0.2, 0) is 26.2 Å². The van der Waals surface area contributed by atoms with Gasteiger partial charge in [-0.3, -0.25) is 13.9 Å². The molecule has 0 radical (unpaired) electrons. The van der Waals surface area contributed by atoms with Crippen LogP contribution in [0.1, 0.15) is 31.4 Å². The maximum Gasteiger partial charge on any atom is 0.264 e. The number of nitrogens with one attached hydrogen (secondary N) is 1. The smallest absolute Gasteiger partial charge is 0.264 e. The van der Waals surface area contributed by atoms with E-state index in [2.05, 4.69) is 5.32 Å². The van der Waals surface area contributed by atoms with Gasteiger partial charge in [-0.15, -0.1) is 0 Å². The molecule has 3 aromatic rings. The fourth-order valence-electron chi connectivity index (χ4n) is 4.06. The Labute approximate surface area is 244 Å². The van der Waals surface area contributed by atoms with Crippen molar-refractivity contribution >= 4 is 62.3 Å². The number of hydrogen-bond acceptors (Lipinski definition) is 4. The maximum atomic E-state index is 14.0. The monoisotopic (exact) mass is 609 g/mol. The van der Waals surface area contributed by atoms with Crippen LogP contribution in [0.3, 0.4) is 0 Å². The van der Waals surface area contributed by atoms with Crippen molar-refractivity contribution in [2.24, 2.45) is 0 Å². The second-order valence-corrected chi connectivity index (χ2v) is 11.9. The molecule has 0 saturated carbocycles. The molecule has 3 rings (SSSR count). The van der Waals surface area contributed by atoms with Crippen molar-refractivity contribution in [3.8, 4) is 0 Å². The number of aryl methyl sites for hydroxylation is 1. The molecular formula is C28H30Cl3N3O4S. The standard InChI is InChI=1S/C28H30Cl3N3O4S/c1-4-24(28(36)32-5-2)33(17-20-9-6-7-10-22(20)29)26(35)18-34(25-12-8-11-23(30)27(25)31)39(37,38)21-15-13-19(3)14-16-21/h6-16,24H,4-5,17-18H2,1-3H3,(H,32,36)/t24-/m1/s1. The molecule has 0 spiro atoms. The lowest BCUT2D eigenvalue weighted by Gasteiger charge is -2.33. The molecule has 0 bridgehead atoms. The summed E-state index contributed by atoms with van der Waals surface area (Å²) in [5, 5.41) is 3.29. The number of carbonyl (C=O) groups is 2. The molecule has 2 amide bonds. The third kappa shape index (κ3) is 7.25. The van der Waals surface area contributed by atoms with Crippen LogP contribution in [0.4, 0.5) is 5.69 Å². The number of benzene rings is 3. The lowest BCUT2D eigenvalue weighted by Crippen LogP contribution is -2.52. The van der Waals surface area contributed by atoms with Crippen molar-refractivity contribution in [3.63, 3.8) is 0 Å². The molecule has 0 saturated heterocycles. The highest BCUT2D eigenvalue weighted by atomic mass is 35.5. The Morgan fingerprint density at radius 2 is 1.54 bits per heavy atom. The summed E-state index contributed by atoms with van der Waals surface area (Å²) >= 11 is 19.1. The van der Waals surface area contributed by atoms with Gasteiger partial charge in [0.05, 0.1) is 20.6 Å². The summed E-state index contributed by atoms with van der Waals surface area (Å²) in [5.41, 5.74) is 1.53. The molecule has 0 aliphatic rings. The summed E-state index contributed by atoms with van der Waals surface area (Å²) < 4.78 is 28.7. The second kappa shape index (κ2) is 13.5. The van der Waals surface area contributed by atoms with Gasteiger partial charge in [-0.05, 0) is 56.2 Å². The molecule has 11 heteroatoms. The molecular weight excluding hydrogens is 581 g/mol. The predicted octanol–water partition coefficient (Wildman–Crippen LogP) is 6.09. The molecule has 1 N–H and O–H groups in total. The van der Waals surface area contributed by atoms with Crippen molar-refractivity contribution < 1.29 is 18.0 Å². The Morgan fingerprint density at radius 3 is 2.15 bits per heavy atom. The van der Waals surface area contributed by atoms with Crippen LogP contribution in [0.15, 0.2) is 71.6 Å². The van der Waals surface area contributed by atoms with E-state index >= 15 is 0 Å². The fraction of sp³-hybridized carbons (Fsp3) is 0.286. The number of likely N-dealkylation sites (N-methyl/N-ethyl adjacent to an activating group) is 1. The van der Waals surface area contributed by atoms with E-state index in [0.29, 0.717) is 23.6 Å². The summed E-state index contributed by atoms with van der Waals surface area (Å²) in [5.74, 6) is -0.964. The van der Waals surface area contributed by atoms with E-state index in [1.807, 2.05) is 6.92 Å². The van der Waals surface area contributed by atoms with Crippen molar-refractivity contribution in [2.75, 3.05) is 17.4 Å². The Hall–Kier alpha value is -2.78. The van der Waals surface area contributed by atoms with Gasteiger partial charge in [-0.25, -0.2) is 8.42 Å². The van der Waals surface area contributed by atoms with Gasteiger partial charge < -0.3 is 10.2 Å². The number of anilines is 1. The zero-order valence-electron chi connectivity index (χ0n) is 21.8. The van der Waals surface area contributed by atoms with E-state index in [-0.39, 0.29) is 33.1 Å². The van der Waals surface area contributed by atoms with Gasteiger partial charge in [0.25, 0.3) is 10.0 Å². The van der Waals surface area contributed by atoms with Gasteiger partial charge in [0.2, 0.25) is 11.8 Å². The summed E-state index contributed by atoms with van der Waals surface area (Å²) in [6.07, 6.45) is 0.296. The number of hydrogen-bond donors (Lipinski definition) is 1. The van der Waals surface area contributed by atoms with Gasteiger partial charge in [-0.2, -0.15) is 0 Å². The third-order valence-corrected chi connectivity index (χ3v) is 9.07. The van der Waals surface area contributed by atoms with E-state index in [0.717, 1.165) is 9.87 Å². The minimum atomic E-state index is -4.27. The van der Waals surface area contributed by atoms with Gasteiger partial charge in [0.15, 0.2) is 0 Å². The van der Waals surface area contributed by atoms with Crippen LogP contribution in [0.25, 0.3) is 0 Å². The molecule has 0 unspecified atom stereocenters. The summed E-state index contributed by atoms with van der Waals surface area (Å²) in [6.45, 7) is 5.13. The lowest BCUT2D eigenvalue weighted by atomic mass is 10.1. The second-order valence-electron chi connectivity index (χ2n) is 8.83. The zero-order chi connectivity index (χ0) is 28.7. The van der Waals surface area contributed by atoms with E-state index < -0.39 is 28.5 Å². The zero-order valence-corrected chi connectivity index (χ0v) is 24.9. The first-order chi connectivity index (χ1) is 18.5. The topological polar surface area (TPSA) is 86.8 Å². The lowest BCUT2D eigenvalue weighted by molar-refractivity contribution is -0.140. The maximum absolute atomic E-state index is 14.0. The molecule has 7 nitrogen and oxygen atoms in total. The van der Waals surface area contributed by atoms with Crippen LogP contribution in [0.5, 0.6) is 0 Å². The number of halogens is 3. The van der Waals surface area contributed by atoms with Crippen molar-refractivity contribution in [1.29, 1.82) is 0 Å². The highest BCUT2D eigenvalue weighted by Gasteiger charge is 2.34. The van der Waals surface area contributed by atoms with E-state index in [9.17, 15) is 18.0 Å². The van der Waals surface area contributed by atoms with E-state index in [1.165, 1.54) is 29.2 Å². The number of carbonyl (C=O) groups excluding carboxylic acids is 2. The van der Waals surface area contributed by atoms with Crippen molar-refractivity contribution in [3.05, 3.63) is 92.9 Å². The molecule has 39 heavy (non-hydrogen) atoms. The summed E-state index contributed by atoms with van der Waals surface area (Å²) in [6, 6.07) is 16.9. The highest BCUT2D eigenvalue weighted by molar-refractivity contribution is 7.92. The average molecular weight is 611 g/mol. The quantitative estimate of drug-likeness (QED) is 0.285. The molecule has 0 heterocycles. The number of amides is 2. The number of nitrogens with zero attached hydrogens (tertiary/aromatic N) is 2. The van der Waals surface area contributed by atoms with E-state index in [4.69, 9.17) is 34.8 Å². The fourth-order valence-corrected chi connectivity index (χ4v) is 6.13. The third-order valence-electron chi connectivity index (χ3n) is 6.12. The predicted molar refractivity (Wildman–Crippen MR) is 157 cm³/mol. The van der Waals surface area contributed by atoms with Crippen LogP contribution in [0, 0.1) is 6.92 Å². The molecule has 1 atom stereocenters. The Bertz CT molecular complexity index is 1430. The first-order valence-electron chi connectivity index (χ1n) is 12.3. The van der Waals surface area contributed by atoms with Gasteiger partial charge in [0.1, 0.15) is 12.6 Å². The average Bonchev–Trinajstić information content (AvgIpc) is 2.90. The van der Waals surface area contributed by atoms with E-state index in [1.54, 1.807) is 56.3 Å². The molecule has 0 aromatic heterocycles. The van der Waals surface area contributed by atoms with Crippen LogP contribution < -0.4 is 9.62 Å². The highest BCUT2D eigenvalue weighted by Crippen LogP contribution is 2.35. The first-order valence-corrected chi connectivity index (χ1v) is 14.9. The molecule has 3 aromatic carbocycles. The van der Waals surface area contributed by atoms with Crippen LogP contribution in [0.2, 0.25) is 15.1 Å². The Morgan fingerprint density at radius 1 is 0.897 bits per heavy atom. The molecule has 0 fully saturated rings. The Kier molecular flexibility index (Phi) is 10.7. The van der Waals surface area contributed by atoms with Gasteiger partial charge >= 0.3 is 0 Å². The molecule has 0 aliphatic heterocycles. The Balaban J connectivity index is 2.12. The largest absolute Gasteiger partial charge is 0.355 e. The van der Waals surface area contributed by atoms with Gasteiger partial charge in [-0.1, -0.05) is 83.7 Å². The summed E-state index contributed by atoms with van der Waals surface area (Å²) in [7, 11) is -4.27. The normalized spacial score (nSPS) is 12.1. The minimum absolute atomic E-state index is 0.00412. The number of sulfonamides is 1. The molecule has 0 aliphatic carbocycles. The SMILES string of the molecule is CCNC(=O)[C@@H](CC)N(Cc1ccccc1Cl)C(=O)CN(c1cccc(Cl)c1Cl)S(=O)(=O)c1ccc(C)cc1. The van der Waals surface area contributed by atoms with Crippen LogP contribution >= 0.6 is 34.8 Å². The summed E-state index contributed by atoms with van der Waals surface area (Å²) in [4.78, 5) is 28.3. The van der Waals surface area contributed by atoms with Crippen molar-refractivity contribution in [1.82, 2.24) is 10.2 Å². The van der Waals surface area contributed by atoms with Crippen LogP contribution in [-0.4, -0.2) is 44.3 Å². The number of rotatable bonds is 11. The minimum Gasteiger partial charge on any atom is -0.355 e. The first kappa shape index (κ1) is 30.8. The molecule has 208 valence electrons.